The minimum absolute atomic E-state index is 0.324. The van der Waals surface area contributed by atoms with Gasteiger partial charge in [0.05, 0.1) is 24.8 Å². The Balaban J connectivity index is 1.96. The fourth-order valence-corrected chi connectivity index (χ4v) is 4.74. The molecule has 1 spiro atoms. The highest BCUT2D eigenvalue weighted by Crippen LogP contribution is 2.57. The Kier molecular flexibility index (Phi) is 3.37. The SMILES string of the molecule is COc1ccc2c(c1OC)OC1(CCCCC1)c1sc(N)nc1-2. The molecular formula is C17H20N2O3S. The maximum atomic E-state index is 6.57. The minimum atomic E-state index is -0.324. The molecule has 4 rings (SSSR count). The smallest absolute Gasteiger partial charge is 0.204 e. The third-order valence-electron chi connectivity index (χ3n) is 4.77. The van der Waals surface area contributed by atoms with E-state index in [0.717, 1.165) is 47.6 Å². The Labute approximate surface area is 139 Å². The molecule has 2 heterocycles. The number of nitrogens with two attached hydrogens (primary N) is 1. The normalized spacial score (nSPS) is 18.0. The zero-order valence-corrected chi connectivity index (χ0v) is 14.2. The van der Waals surface area contributed by atoms with Crippen LogP contribution in [0.3, 0.4) is 0 Å². The lowest BCUT2D eigenvalue weighted by Gasteiger charge is -2.41. The summed E-state index contributed by atoms with van der Waals surface area (Å²) in [6.07, 6.45) is 5.53. The van der Waals surface area contributed by atoms with E-state index in [1.165, 1.54) is 6.42 Å². The number of fused-ring (bicyclic) bond motifs is 4. The molecular weight excluding hydrogens is 312 g/mol. The fraction of sp³-hybridized carbons (Fsp3) is 0.471. The number of rotatable bonds is 2. The molecule has 0 atom stereocenters. The molecule has 1 aliphatic heterocycles. The Morgan fingerprint density at radius 2 is 1.96 bits per heavy atom. The van der Waals surface area contributed by atoms with Gasteiger partial charge in [-0.25, -0.2) is 4.98 Å². The molecule has 1 saturated carbocycles. The van der Waals surface area contributed by atoms with E-state index in [2.05, 4.69) is 4.98 Å². The highest BCUT2D eigenvalue weighted by atomic mass is 32.1. The molecule has 0 bridgehead atoms. The van der Waals surface area contributed by atoms with Gasteiger partial charge in [-0.2, -0.15) is 0 Å². The summed E-state index contributed by atoms with van der Waals surface area (Å²) in [5, 5.41) is 0.589. The number of aromatic nitrogens is 1. The number of thiazole rings is 1. The van der Waals surface area contributed by atoms with Crippen molar-refractivity contribution in [3.63, 3.8) is 0 Å². The first-order valence-electron chi connectivity index (χ1n) is 7.89. The summed E-state index contributed by atoms with van der Waals surface area (Å²) in [5.74, 6) is 2.03. The maximum Gasteiger partial charge on any atom is 0.204 e. The standard InChI is InChI=1S/C17H20N2O3S/c1-20-11-7-6-10-12-15(23-16(18)19-12)17(8-4-3-5-9-17)22-13(10)14(11)21-2/h6-7H,3-5,8-9H2,1-2H3,(H2,18,19). The molecule has 1 aromatic carbocycles. The van der Waals surface area contributed by atoms with Gasteiger partial charge in [0.25, 0.3) is 0 Å². The van der Waals surface area contributed by atoms with E-state index in [0.29, 0.717) is 16.6 Å². The summed E-state index contributed by atoms with van der Waals surface area (Å²) in [6.45, 7) is 0. The van der Waals surface area contributed by atoms with Gasteiger partial charge in [0.15, 0.2) is 16.6 Å². The molecule has 1 aliphatic carbocycles. The van der Waals surface area contributed by atoms with E-state index in [1.54, 1.807) is 25.6 Å². The van der Waals surface area contributed by atoms with Gasteiger partial charge < -0.3 is 19.9 Å². The van der Waals surface area contributed by atoms with Crippen LogP contribution in [0.15, 0.2) is 12.1 Å². The van der Waals surface area contributed by atoms with Crippen molar-refractivity contribution in [1.29, 1.82) is 0 Å². The maximum absolute atomic E-state index is 6.57. The summed E-state index contributed by atoms with van der Waals surface area (Å²) < 4.78 is 17.6. The molecule has 1 fully saturated rings. The molecule has 122 valence electrons. The summed E-state index contributed by atoms with van der Waals surface area (Å²) in [6, 6.07) is 3.86. The molecule has 0 amide bonds. The van der Waals surface area contributed by atoms with Crippen LogP contribution in [-0.2, 0) is 5.60 Å². The number of nitrogen functional groups attached to an aromatic ring is 1. The summed E-state index contributed by atoms with van der Waals surface area (Å²) in [7, 11) is 3.27. The number of hydrogen-bond donors (Lipinski definition) is 1. The lowest BCUT2D eigenvalue weighted by atomic mass is 9.80. The summed E-state index contributed by atoms with van der Waals surface area (Å²) in [4.78, 5) is 5.75. The number of ether oxygens (including phenoxy) is 3. The Morgan fingerprint density at radius 3 is 2.65 bits per heavy atom. The second-order valence-corrected chi connectivity index (χ2v) is 7.10. The van der Waals surface area contributed by atoms with Gasteiger partial charge in [-0.3, -0.25) is 0 Å². The topological polar surface area (TPSA) is 66.6 Å². The van der Waals surface area contributed by atoms with Crippen molar-refractivity contribution < 1.29 is 14.2 Å². The van der Waals surface area contributed by atoms with E-state index in [9.17, 15) is 0 Å². The van der Waals surface area contributed by atoms with Gasteiger partial charge in [-0.05, 0) is 37.8 Å². The zero-order chi connectivity index (χ0) is 16.0. The number of methoxy groups -OCH3 is 2. The van der Waals surface area contributed by atoms with E-state index in [4.69, 9.17) is 19.9 Å². The van der Waals surface area contributed by atoms with Gasteiger partial charge in [0.2, 0.25) is 5.75 Å². The van der Waals surface area contributed by atoms with Crippen molar-refractivity contribution in [3.8, 4) is 28.5 Å². The summed E-state index contributed by atoms with van der Waals surface area (Å²) in [5.41, 5.74) is 7.58. The Morgan fingerprint density at radius 1 is 1.17 bits per heavy atom. The third kappa shape index (κ3) is 2.08. The van der Waals surface area contributed by atoms with Crippen LogP contribution in [0.25, 0.3) is 11.3 Å². The van der Waals surface area contributed by atoms with Crippen LogP contribution < -0.4 is 19.9 Å². The number of nitrogens with zero attached hydrogens (tertiary/aromatic N) is 1. The monoisotopic (exact) mass is 332 g/mol. The van der Waals surface area contributed by atoms with Crippen LogP contribution in [0.2, 0.25) is 0 Å². The number of anilines is 1. The lowest BCUT2D eigenvalue weighted by molar-refractivity contribution is 0.0244. The molecule has 0 radical (unpaired) electrons. The summed E-state index contributed by atoms with van der Waals surface area (Å²) >= 11 is 1.55. The average molecular weight is 332 g/mol. The predicted octanol–water partition coefficient (Wildman–Crippen LogP) is 3.96. The van der Waals surface area contributed by atoms with E-state index in [1.807, 2.05) is 12.1 Å². The van der Waals surface area contributed by atoms with Gasteiger partial charge >= 0.3 is 0 Å². The first-order chi connectivity index (χ1) is 11.2. The van der Waals surface area contributed by atoms with Crippen LogP contribution in [0.1, 0.15) is 37.0 Å². The van der Waals surface area contributed by atoms with Gasteiger partial charge in [-0.1, -0.05) is 17.8 Å². The van der Waals surface area contributed by atoms with Crippen molar-refractivity contribution in [2.75, 3.05) is 20.0 Å². The quantitative estimate of drug-likeness (QED) is 0.901. The van der Waals surface area contributed by atoms with Crippen molar-refractivity contribution in [3.05, 3.63) is 17.0 Å². The second kappa shape index (κ2) is 5.30. The molecule has 2 N–H and O–H groups in total. The highest BCUT2D eigenvalue weighted by Gasteiger charge is 2.45. The lowest BCUT2D eigenvalue weighted by Crippen LogP contribution is -2.37. The molecule has 2 aromatic rings. The van der Waals surface area contributed by atoms with Crippen LogP contribution in [0.5, 0.6) is 17.2 Å². The Hall–Kier alpha value is -1.95. The van der Waals surface area contributed by atoms with Crippen molar-refractivity contribution in [2.45, 2.75) is 37.7 Å². The second-order valence-electron chi connectivity index (χ2n) is 6.06. The number of hydrogen-bond acceptors (Lipinski definition) is 6. The largest absolute Gasteiger partial charge is 0.493 e. The number of benzene rings is 1. The molecule has 5 nitrogen and oxygen atoms in total. The van der Waals surface area contributed by atoms with Crippen LogP contribution >= 0.6 is 11.3 Å². The van der Waals surface area contributed by atoms with Crippen LogP contribution in [0, 0.1) is 0 Å². The van der Waals surface area contributed by atoms with Crippen molar-refractivity contribution in [2.24, 2.45) is 0 Å². The van der Waals surface area contributed by atoms with Gasteiger partial charge in [0, 0.05) is 5.56 Å². The van der Waals surface area contributed by atoms with Gasteiger partial charge in [0.1, 0.15) is 5.60 Å². The first-order valence-corrected chi connectivity index (χ1v) is 8.71. The third-order valence-corrected chi connectivity index (χ3v) is 5.84. The van der Waals surface area contributed by atoms with Crippen LogP contribution in [-0.4, -0.2) is 19.2 Å². The molecule has 0 saturated heterocycles. The van der Waals surface area contributed by atoms with E-state index >= 15 is 0 Å². The predicted molar refractivity (Wildman–Crippen MR) is 90.5 cm³/mol. The van der Waals surface area contributed by atoms with Crippen molar-refractivity contribution in [1.82, 2.24) is 4.98 Å². The fourth-order valence-electron chi connectivity index (χ4n) is 3.71. The first kappa shape index (κ1) is 14.6. The van der Waals surface area contributed by atoms with E-state index in [-0.39, 0.29) is 5.60 Å². The van der Waals surface area contributed by atoms with Crippen molar-refractivity contribution >= 4 is 16.5 Å². The molecule has 23 heavy (non-hydrogen) atoms. The molecule has 0 unspecified atom stereocenters. The molecule has 2 aliphatic rings. The molecule has 1 aromatic heterocycles. The van der Waals surface area contributed by atoms with Gasteiger partial charge in [-0.15, -0.1) is 0 Å². The highest BCUT2D eigenvalue weighted by molar-refractivity contribution is 7.16. The van der Waals surface area contributed by atoms with E-state index < -0.39 is 0 Å². The Bertz CT molecular complexity index is 751. The van der Waals surface area contributed by atoms with Crippen LogP contribution in [0.4, 0.5) is 5.13 Å². The minimum Gasteiger partial charge on any atom is -0.493 e. The molecule has 6 heteroatoms. The zero-order valence-electron chi connectivity index (χ0n) is 13.3. The average Bonchev–Trinajstić information content (AvgIpc) is 2.97.